The Kier molecular flexibility index (Phi) is 3.96. The van der Waals surface area contributed by atoms with Crippen LogP contribution in [0.1, 0.15) is 13.3 Å². The maximum Gasteiger partial charge on any atom is 0.146 e. The Bertz CT molecular complexity index is 743. The monoisotopic (exact) mass is 279 g/mol. The van der Waals surface area contributed by atoms with Crippen LogP contribution in [-0.4, -0.2) is 16.5 Å². The van der Waals surface area contributed by atoms with Crippen LogP contribution in [0.4, 0.5) is 5.82 Å². The number of benzene rings is 1. The van der Waals surface area contributed by atoms with Crippen molar-refractivity contribution in [3.8, 4) is 11.5 Å². The van der Waals surface area contributed by atoms with Gasteiger partial charge in [-0.05, 0) is 24.6 Å². The van der Waals surface area contributed by atoms with E-state index in [-0.39, 0.29) is 0 Å². The van der Waals surface area contributed by atoms with Gasteiger partial charge in [0.25, 0.3) is 0 Å². The largest absolute Gasteiger partial charge is 0.456 e. The van der Waals surface area contributed by atoms with E-state index >= 15 is 0 Å². The van der Waals surface area contributed by atoms with Crippen LogP contribution in [0.15, 0.2) is 54.9 Å². The summed E-state index contributed by atoms with van der Waals surface area (Å²) in [6, 6.07) is 13.7. The fourth-order valence-electron chi connectivity index (χ4n) is 2.07. The minimum absolute atomic E-state index is 0.723. The minimum Gasteiger partial charge on any atom is -0.456 e. The van der Waals surface area contributed by atoms with E-state index in [2.05, 4.69) is 22.2 Å². The van der Waals surface area contributed by atoms with E-state index in [1.165, 1.54) is 0 Å². The Morgan fingerprint density at radius 2 is 1.95 bits per heavy atom. The van der Waals surface area contributed by atoms with Crippen LogP contribution in [0.2, 0.25) is 0 Å². The number of aromatic nitrogens is 2. The highest BCUT2D eigenvalue weighted by atomic mass is 16.5. The normalized spacial score (nSPS) is 10.5. The smallest absolute Gasteiger partial charge is 0.146 e. The average Bonchev–Trinajstić information content (AvgIpc) is 2.53. The summed E-state index contributed by atoms with van der Waals surface area (Å²) in [7, 11) is 0. The van der Waals surface area contributed by atoms with Gasteiger partial charge >= 0.3 is 0 Å². The molecule has 0 unspecified atom stereocenters. The summed E-state index contributed by atoms with van der Waals surface area (Å²) >= 11 is 0. The summed E-state index contributed by atoms with van der Waals surface area (Å²) in [4.78, 5) is 8.65. The molecule has 4 nitrogen and oxygen atoms in total. The third kappa shape index (κ3) is 3.28. The SMILES string of the molecule is CCCNc1cc(Oc2cnc3ccccc3c2)ccn1. The van der Waals surface area contributed by atoms with E-state index in [0.29, 0.717) is 0 Å². The number of rotatable bonds is 5. The van der Waals surface area contributed by atoms with Crippen LogP contribution in [0, 0.1) is 0 Å². The first-order chi connectivity index (χ1) is 10.3. The van der Waals surface area contributed by atoms with Gasteiger partial charge in [0.15, 0.2) is 0 Å². The second-order valence-corrected chi connectivity index (χ2v) is 4.77. The minimum atomic E-state index is 0.723. The fourth-order valence-corrected chi connectivity index (χ4v) is 2.07. The number of nitrogens with zero attached hydrogens (tertiary/aromatic N) is 2. The van der Waals surface area contributed by atoms with Crippen molar-refractivity contribution in [2.75, 3.05) is 11.9 Å². The molecule has 0 saturated heterocycles. The molecule has 0 aliphatic heterocycles. The molecule has 0 spiro atoms. The number of hydrogen-bond acceptors (Lipinski definition) is 4. The summed E-state index contributed by atoms with van der Waals surface area (Å²) in [6.45, 7) is 3.02. The van der Waals surface area contributed by atoms with Crippen LogP contribution in [0.5, 0.6) is 11.5 Å². The molecular weight excluding hydrogens is 262 g/mol. The second-order valence-electron chi connectivity index (χ2n) is 4.77. The highest BCUT2D eigenvalue weighted by Crippen LogP contribution is 2.25. The van der Waals surface area contributed by atoms with Crippen LogP contribution in [0.25, 0.3) is 10.9 Å². The molecular formula is C17H17N3O. The van der Waals surface area contributed by atoms with Gasteiger partial charge < -0.3 is 10.1 Å². The fraction of sp³-hybridized carbons (Fsp3) is 0.176. The Labute approximate surface area is 123 Å². The lowest BCUT2D eigenvalue weighted by Crippen LogP contribution is -2.01. The number of hydrogen-bond donors (Lipinski definition) is 1. The number of anilines is 1. The molecule has 106 valence electrons. The molecule has 0 aliphatic carbocycles. The lowest BCUT2D eigenvalue weighted by atomic mass is 10.2. The maximum atomic E-state index is 5.86. The van der Waals surface area contributed by atoms with Crippen molar-refractivity contribution < 1.29 is 4.74 Å². The zero-order valence-corrected chi connectivity index (χ0v) is 11.9. The molecule has 0 atom stereocenters. The molecule has 2 aromatic heterocycles. The predicted molar refractivity (Wildman–Crippen MR) is 84.8 cm³/mol. The van der Waals surface area contributed by atoms with E-state index < -0.39 is 0 Å². The van der Waals surface area contributed by atoms with Crippen molar-refractivity contribution in [2.24, 2.45) is 0 Å². The predicted octanol–water partition coefficient (Wildman–Crippen LogP) is 4.24. The van der Waals surface area contributed by atoms with Crippen molar-refractivity contribution in [1.82, 2.24) is 9.97 Å². The lowest BCUT2D eigenvalue weighted by Gasteiger charge is -2.08. The Balaban J connectivity index is 1.81. The van der Waals surface area contributed by atoms with Crippen molar-refractivity contribution in [3.63, 3.8) is 0 Å². The maximum absolute atomic E-state index is 5.86. The van der Waals surface area contributed by atoms with Gasteiger partial charge in [-0.25, -0.2) is 4.98 Å². The molecule has 1 aromatic carbocycles. The first-order valence-electron chi connectivity index (χ1n) is 7.08. The first-order valence-corrected chi connectivity index (χ1v) is 7.08. The molecule has 0 amide bonds. The first kappa shape index (κ1) is 13.4. The van der Waals surface area contributed by atoms with Crippen molar-refractivity contribution in [2.45, 2.75) is 13.3 Å². The van der Waals surface area contributed by atoms with Crippen LogP contribution in [-0.2, 0) is 0 Å². The third-order valence-electron chi connectivity index (χ3n) is 3.09. The van der Waals surface area contributed by atoms with E-state index in [9.17, 15) is 0 Å². The van der Waals surface area contributed by atoms with Gasteiger partial charge in [-0.15, -0.1) is 0 Å². The van der Waals surface area contributed by atoms with Crippen LogP contribution in [0.3, 0.4) is 0 Å². The topological polar surface area (TPSA) is 47.0 Å². The quantitative estimate of drug-likeness (QED) is 0.758. The number of fused-ring (bicyclic) bond motifs is 1. The molecule has 3 aromatic rings. The third-order valence-corrected chi connectivity index (χ3v) is 3.09. The number of ether oxygens (including phenoxy) is 1. The number of nitrogens with one attached hydrogen (secondary N) is 1. The molecule has 4 heteroatoms. The van der Waals surface area contributed by atoms with Crippen LogP contribution < -0.4 is 10.1 Å². The van der Waals surface area contributed by atoms with E-state index in [4.69, 9.17) is 4.74 Å². The second kappa shape index (κ2) is 6.22. The molecule has 0 aliphatic rings. The standard InChI is InChI=1S/C17H17N3O/c1-2-8-18-17-11-14(7-9-19-17)21-15-10-13-5-3-4-6-16(13)20-12-15/h3-7,9-12H,2,8H2,1H3,(H,18,19). The molecule has 21 heavy (non-hydrogen) atoms. The Hall–Kier alpha value is -2.62. The van der Waals surface area contributed by atoms with Gasteiger partial charge in [0.2, 0.25) is 0 Å². The van der Waals surface area contributed by atoms with E-state index in [0.717, 1.165) is 41.2 Å². The highest BCUT2D eigenvalue weighted by Gasteiger charge is 2.02. The van der Waals surface area contributed by atoms with Crippen LogP contribution >= 0.6 is 0 Å². The number of para-hydroxylation sites is 1. The van der Waals surface area contributed by atoms with Gasteiger partial charge in [0.1, 0.15) is 17.3 Å². The van der Waals surface area contributed by atoms with Gasteiger partial charge in [-0.2, -0.15) is 0 Å². The molecule has 0 fully saturated rings. The molecule has 3 rings (SSSR count). The Morgan fingerprint density at radius 3 is 2.86 bits per heavy atom. The molecule has 0 radical (unpaired) electrons. The number of pyridine rings is 2. The zero-order chi connectivity index (χ0) is 14.5. The summed E-state index contributed by atoms with van der Waals surface area (Å²) in [5, 5.41) is 4.31. The highest BCUT2D eigenvalue weighted by molar-refractivity contribution is 5.79. The van der Waals surface area contributed by atoms with Crippen molar-refractivity contribution in [3.05, 3.63) is 54.9 Å². The molecule has 0 saturated carbocycles. The summed E-state index contributed by atoms with van der Waals surface area (Å²) in [6.07, 6.45) is 4.53. The van der Waals surface area contributed by atoms with Gasteiger partial charge in [0, 0.05) is 24.2 Å². The molecule has 2 heterocycles. The van der Waals surface area contributed by atoms with Gasteiger partial charge in [0.05, 0.1) is 11.7 Å². The van der Waals surface area contributed by atoms with Crippen molar-refractivity contribution >= 4 is 16.7 Å². The van der Waals surface area contributed by atoms with E-state index in [1.807, 2.05) is 42.5 Å². The summed E-state index contributed by atoms with van der Waals surface area (Å²) < 4.78 is 5.86. The van der Waals surface area contributed by atoms with Crippen molar-refractivity contribution in [1.29, 1.82) is 0 Å². The Morgan fingerprint density at radius 1 is 1.05 bits per heavy atom. The lowest BCUT2D eigenvalue weighted by molar-refractivity contribution is 0.481. The van der Waals surface area contributed by atoms with E-state index in [1.54, 1.807) is 12.4 Å². The zero-order valence-electron chi connectivity index (χ0n) is 11.9. The molecule has 1 N–H and O–H groups in total. The summed E-state index contributed by atoms with van der Waals surface area (Å²) in [5.41, 5.74) is 0.963. The summed E-state index contributed by atoms with van der Waals surface area (Å²) in [5.74, 6) is 2.30. The van der Waals surface area contributed by atoms with Gasteiger partial charge in [-0.1, -0.05) is 25.1 Å². The molecule has 0 bridgehead atoms. The average molecular weight is 279 g/mol. The van der Waals surface area contributed by atoms with Gasteiger partial charge in [-0.3, -0.25) is 4.98 Å².